The second-order valence-corrected chi connectivity index (χ2v) is 6.06. The molecule has 0 saturated carbocycles. The SMILES string of the molecule is Cc1cccc(C)c1NC(=O)CN(C)C(=O)CC1CCCN1. The summed E-state index contributed by atoms with van der Waals surface area (Å²) >= 11 is 0. The number of benzene rings is 1. The van der Waals surface area contributed by atoms with E-state index in [9.17, 15) is 9.59 Å². The Kier molecular flexibility index (Phi) is 5.55. The molecule has 1 unspecified atom stereocenters. The van der Waals surface area contributed by atoms with Crippen LogP contribution in [0.1, 0.15) is 30.4 Å². The molecule has 1 aliphatic heterocycles. The van der Waals surface area contributed by atoms with Crippen molar-refractivity contribution < 1.29 is 9.59 Å². The molecule has 1 heterocycles. The third kappa shape index (κ3) is 4.31. The number of aryl methyl sites for hydroxylation is 2. The van der Waals surface area contributed by atoms with Crippen LogP contribution in [-0.2, 0) is 9.59 Å². The molecule has 2 rings (SSSR count). The number of hydrogen-bond donors (Lipinski definition) is 2. The number of nitrogens with one attached hydrogen (secondary N) is 2. The Hall–Kier alpha value is -1.88. The van der Waals surface area contributed by atoms with Gasteiger partial charge in [0.15, 0.2) is 0 Å². The highest BCUT2D eigenvalue weighted by atomic mass is 16.2. The standard InChI is InChI=1S/C17H25N3O2/c1-12-6-4-7-13(2)17(12)19-15(21)11-20(3)16(22)10-14-8-5-9-18-14/h4,6-7,14,18H,5,8-11H2,1-3H3,(H,19,21). The van der Waals surface area contributed by atoms with Crippen LogP contribution >= 0.6 is 0 Å². The molecule has 0 aliphatic carbocycles. The van der Waals surface area contributed by atoms with Crippen LogP contribution in [0.25, 0.3) is 0 Å². The van der Waals surface area contributed by atoms with Crippen molar-refractivity contribution in [3.8, 4) is 0 Å². The van der Waals surface area contributed by atoms with Gasteiger partial charge in [-0.15, -0.1) is 0 Å². The van der Waals surface area contributed by atoms with Gasteiger partial charge in [0, 0.05) is 25.2 Å². The van der Waals surface area contributed by atoms with Crippen molar-refractivity contribution in [2.24, 2.45) is 0 Å². The topological polar surface area (TPSA) is 61.4 Å². The molecule has 120 valence electrons. The number of para-hydroxylation sites is 1. The predicted octanol–water partition coefficient (Wildman–Crippen LogP) is 1.84. The maximum atomic E-state index is 12.1. The average molecular weight is 303 g/mol. The molecule has 1 fully saturated rings. The maximum absolute atomic E-state index is 12.1. The minimum Gasteiger partial charge on any atom is -0.336 e. The van der Waals surface area contributed by atoms with Crippen molar-refractivity contribution in [3.05, 3.63) is 29.3 Å². The minimum absolute atomic E-state index is 0.0102. The summed E-state index contributed by atoms with van der Waals surface area (Å²) in [4.78, 5) is 25.8. The molecule has 0 spiro atoms. The van der Waals surface area contributed by atoms with Gasteiger partial charge < -0.3 is 15.5 Å². The van der Waals surface area contributed by atoms with Gasteiger partial charge in [-0.3, -0.25) is 9.59 Å². The monoisotopic (exact) mass is 303 g/mol. The highest BCUT2D eigenvalue weighted by molar-refractivity contribution is 5.95. The fraction of sp³-hybridized carbons (Fsp3) is 0.529. The second kappa shape index (κ2) is 7.40. The average Bonchev–Trinajstić information content (AvgIpc) is 2.96. The lowest BCUT2D eigenvalue weighted by Crippen LogP contribution is -2.38. The number of carbonyl (C=O) groups excluding carboxylic acids is 2. The zero-order valence-corrected chi connectivity index (χ0v) is 13.6. The van der Waals surface area contributed by atoms with E-state index in [4.69, 9.17) is 0 Å². The largest absolute Gasteiger partial charge is 0.336 e. The van der Waals surface area contributed by atoms with Crippen LogP contribution in [0.5, 0.6) is 0 Å². The molecule has 1 aromatic carbocycles. The van der Waals surface area contributed by atoms with E-state index in [1.54, 1.807) is 7.05 Å². The van der Waals surface area contributed by atoms with Gasteiger partial charge in [-0.05, 0) is 44.4 Å². The van der Waals surface area contributed by atoms with E-state index in [-0.39, 0.29) is 24.4 Å². The Bertz CT molecular complexity index is 531. The van der Waals surface area contributed by atoms with Gasteiger partial charge in [0.2, 0.25) is 11.8 Å². The highest BCUT2D eigenvalue weighted by Crippen LogP contribution is 2.19. The van der Waals surface area contributed by atoms with Crippen LogP contribution in [0, 0.1) is 13.8 Å². The first-order valence-electron chi connectivity index (χ1n) is 7.81. The van der Waals surface area contributed by atoms with Gasteiger partial charge in [0.25, 0.3) is 0 Å². The van der Waals surface area contributed by atoms with Crippen molar-refractivity contribution in [1.82, 2.24) is 10.2 Å². The Balaban J connectivity index is 1.86. The molecule has 1 aromatic rings. The third-order valence-electron chi connectivity index (χ3n) is 4.14. The van der Waals surface area contributed by atoms with E-state index in [1.807, 2.05) is 32.0 Å². The summed E-state index contributed by atoms with van der Waals surface area (Å²) in [5.41, 5.74) is 2.89. The number of hydrogen-bond acceptors (Lipinski definition) is 3. The van der Waals surface area contributed by atoms with E-state index < -0.39 is 0 Å². The summed E-state index contributed by atoms with van der Waals surface area (Å²) < 4.78 is 0. The first-order valence-corrected chi connectivity index (χ1v) is 7.81. The van der Waals surface area contributed by atoms with Crippen molar-refractivity contribution in [1.29, 1.82) is 0 Å². The lowest BCUT2D eigenvalue weighted by molar-refractivity contribution is -0.133. The summed E-state index contributed by atoms with van der Waals surface area (Å²) in [5, 5.41) is 6.21. The Labute approximate surface area is 132 Å². The van der Waals surface area contributed by atoms with Crippen LogP contribution in [0.4, 0.5) is 5.69 Å². The number of amides is 2. The Morgan fingerprint density at radius 2 is 2.00 bits per heavy atom. The normalized spacial score (nSPS) is 17.3. The molecule has 22 heavy (non-hydrogen) atoms. The van der Waals surface area contributed by atoms with E-state index in [0.29, 0.717) is 6.42 Å². The van der Waals surface area contributed by atoms with Crippen molar-refractivity contribution in [3.63, 3.8) is 0 Å². The molecule has 0 bridgehead atoms. The van der Waals surface area contributed by atoms with E-state index in [1.165, 1.54) is 4.90 Å². The molecule has 2 N–H and O–H groups in total. The summed E-state index contributed by atoms with van der Waals surface area (Å²) in [6, 6.07) is 6.15. The highest BCUT2D eigenvalue weighted by Gasteiger charge is 2.21. The van der Waals surface area contributed by atoms with Gasteiger partial charge in [0.1, 0.15) is 0 Å². The zero-order chi connectivity index (χ0) is 16.1. The first-order chi connectivity index (χ1) is 10.5. The van der Waals surface area contributed by atoms with E-state index >= 15 is 0 Å². The van der Waals surface area contributed by atoms with Gasteiger partial charge in [-0.1, -0.05) is 18.2 Å². The molecule has 2 amide bonds. The van der Waals surface area contributed by atoms with Gasteiger partial charge in [-0.2, -0.15) is 0 Å². The van der Waals surface area contributed by atoms with Crippen LogP contribution in [-0.4, -0.2) is 42.9 Å². The van der Waals surface area contributed by atoms with Crippen LogP contribution in [0.15, 0.2) is 18.2 Å². The third-order valence-corrected chi connectivity index (χ3v) is 4.14. The van der Waals surface area contributed by atoms with Crippen molar-refractivity contribution >= 4 is 17.5 Å². The van der Waals surface area contributed by atoms with Gasteiger partial charge in [-0.25, -0.2) is 0 Å². The first kappa shape index (κ1) is 16.5. The van der Waals surface area contributed by atoms with Crippen molar-refractivity contribution in [2.75, 3.05) is 25.5 Å². The minimum atomic E-state index is -0.160. The fourth-order valence-electron chi connectivity index (χ4n) is 2.79. The molecule has 1 atom stereocenters. The number of likely N-dealkylation sites (N-methyl/N-ethyl adjacent to an activating group) is 1. The van der Waals surface area contributed by atoms with Crippen LogP contribution in [0.2, 0.25) is 0 Å². The summed E-state index contributed by atoms with van der Waals surface area (Å²) in [5.74, 6) is -0.149. The number of nitrogens with zero attached hydrogens (tertiary/aromatic N) is 1. The molecule has 1 aliphatic rings. The molecule has 5 heteroatoms. The molecular formula is C17H25N3O2. The van der Waals surface area contributed by atoms with Crippen molar-refractivity contribution in [2.45, 2.75) is 39.2 Å². The Morgan fingerprint density at radius 1 is 1.32 bits per heavy atom. The maximum Gasteiger partial charge on any atom is 0.243 e. The Morgan fingerprint density at radius 3 is 2.59 bits per heavy atom. The molecule has 1 saturated heterocycles. The molecular weight excluding hydrogens is 278 g/mol. The zero-order valence-electron chi connectivity index (χ0n) is 13.6. The molecule has 5 nitrogen and oxygen atoms in total. The van der Waals surface area contributed by atoms with Crippen LogP contribution in [0.3, 0.4) is 0 Å². The number of carbonyl (C=O) groups is 2. The predicted molar refractivity (Wildman–Crippen MR) is 87.8 cm³/mol. The van der Waals surface area contributed by atoms with Crippen LogP contribution < -0.4 is 10.6 Å². The second-order valence-electron chi connectivity index (χ2n) is 6.06. The number of anilines is 1. The quantitative estimate of drug-likeness (QED) is 0.872. The van der Waals surface area contributed by atoms with E-state index in [0.717, 1.165) is 36.2 Å². The lowest BCUT2D eigenvalue weighted by atomic mass is 10.1. The molecule has 0 aromatic heterocycles. The summed E-state index contributed by atoms with van der Waals surface area (Å²) in [7, 11) is 1.68. The lowest BCUT2D eigenvalue weighted by Gasteiger charge is -2.20. The summed E-state index contributed by atoms with van der Waals surface area (Å²) in [6.07, 6.45) is 2.62. The smallest absolute Gasteiger partial charge is 0.243 e. The summed E-state index contributed by atoms with van der Waals surface area (Å²) in [6.45, 7) is 4.99. The van der Waals surface area contributed by atoms with Gasteiger partial charge in [0.05, 0.1) is 6.54 Å². The molecule has 0 radical (unpaired) electrons. The number of rotatable bonds is 5. The van der Waals surface area contributed by atoms with E-state index in [2.05, 4.69) is 10.6 Å². The van der Waals surface area contributed by atoms with Gasteiger partial charge >= 0.3 is 0 Å². The fourth-order valence-corrected chi connectivity index (χ4v) is 2.79.